The van der Waals surface area contributed by atoms with Crippen molar-refractivity contribution >= 4 is 34.8 Å². The number of rotatable bonds is 4. The van der Waals surface area contributed by atoms with Crippen LogP contribution in [0.25, 0.3) is 0 Å². The van der Waals surface area contributed by atoms with Crippen molar-refractivity contribution in [2.75, 3.05) is 0 Å². The van der Waals surface area contributed by atoms with Gasteiger partial charge in [0.15, 0.2) is 4.34 Å². The Labute approximate surface area is 122 Å². The smallest absolute Gasteiger partial charge is 0.347 e. The van der Waals surface area contributed by atoms with E-state index < -0.39 is 10.9 Å². The van der Waals surface area contributed by atoms with Gasteiger partial charge in [0.2, 0.25) is 0 Å². The molecule has 0 bridgehead atoms. The topological polar surface area (TPSA) is 93.3 Å². The van der Waals surface area contributed by atoms with Crippen LogP contribution in [0.4, 0.5) is 5.69 Å². The Morgan fingerprint density at radius 3 is 2.70 bits per heavy atom. The van der Waals surface area contributed by atoms with Gasteiger partial charge < -0.3 is 5.11 Å². The highest BCUT2D eigenvalue weighted by Gasteiger charge is 2.16. The summed E-state index contributed by atoms with van der Waals surface area (Å²) in [6.45, 7) is 3.30. The lowest BCUT2D eigenvalue weighted by Crippen LogP contribution is -1.94. The number of carboxylic acid groups (broad SMARTS) is 1. The first-order chi connectivity index (χ1) is 9.38. The van der Waals surface area contributed by atoms with E-state index in [4.69, 9.17) is 5.11 Å². The lowest BCUT2D eigenvalue weighted by Gasteiger charge is -2.00. The van der Waals surface area contributed by atoms with Crippen LogP contribution in [0.1, 0.15) is 20.9 Å². The van der Waals surface area contributed by atoms with Crippen LogP contribution in [0.3, 0.4) is 0 Å². The van der Waals surface area contributed by atoms with Gasteiger partial charge in [-0.2, -0.15) is 0 Å². The summed E-state index contributed by atoms with van der Waals surface area (Å²) in [6.07, 6.45) is 0. The average Bonchev–Trinajstić information content (AvgIpc) is 2.72. The second kappa shape index (κ2) is 5.59. The SMILES string of the molecule is Cc1ccc(Sc2nc(C)c(C(=O)O)s2)cc1[N+](=O)[O-]. The Balaban J connectivity index is 2.31. The van der Waals surface area contributed by atoms with E-state index in [0.717, 1.165) is 11.3 Å². The second-order valence-electron chi connectivity index (χ2n) is 4.01. The summed E-state index contributed by atoms with van der Waals surface area (Å²) in [7, 11) is 0. The molecule has 0 aliphatic rings. The van der Waals surface area contributed by atoms with Crippen LogP contribution in [0.2, 0.25) is 0 Å². The molecular weight excluding hydrogens is 300 g/mol. The van der Waals surface area contributed by atoms with Crippen LogP contribution in [-0.4, -0.2) is 21.0 Å². The number of nitrogens with zero attached hydrogens (tertiary/aromatic N) is 2. The predicted molar refractivity (Wildman–Crippen MR) is 75.8 cm³/mol. The van der Waals surface area contributed by atoms with Crippen molar-refractivity contribution in [3.8, 4) is 0 Å². The second-order valence-corrected chi connectivity index (χ2v) is 6.33. The third-order valence-corrected chi connectivity index (χ3v) is 4.75. The zero-order chi connectivity index (χ0) is 14.9. The van der Waals surface area contributed by atoms with Gasteiger partial charge in [-0.1, -0.05) is 17.8 Å². The van der Waals surface area contributed by atoms with E-state index in [9.17, 15) is 14.9 Å². The summed E-state index contributed by atoms with van der Waals surface area (Å²) < 4.78 is 0.554. The van der Waals surface area contributed by atoms with Gasteiger partial charge in [0.25, 0.3) is 5.69 Å². The van der Waals surface area contributed by atoms with Crippen LogP contribution < -0.4 is 0 Å². The highest BCUT2D eigenvalue weighted by Crippen LogP contribution is 2.35. The molecule has 1 heterocycles. The first-order valence-corrected chi connectivity index (χ1v) is 7.15. The molecule has 2 aromatic rings. The summed E-state index contributed by atoms with van der Waals surface area (Å²) in [5.74, 6) is -1.01. The standard InChI is InChI=1S/C12H10N2O4S2/c1-6-3-4-8(5-9(6)14(17)18)19-12-13-7(2)10(20-12)11(15)16/h3-5H,1-2H3,(H,15,16). The summed E-state index contributed by atoms with van der Waals surface area (Å²) in [4.78, 5) is 26.4. The molecule has 0 radical (unpaired) electrons. The summed E-state index contributed by atoms with van der Waals surface area (Å²) in [5, 5.41) is 19.8. The van der Waals surface area contributed by atoms with Gasteiger partial charge in [-0.05, 0) is 19.9 Å². The molecular formula is C12H10N2O4S2. The molecule has 0 unspecified atom stereocenters. The van der Waals surface area contributed by atoms with Crippen molar-refractivity contribution in [3.05, 3.63) is 44.4 Å². The normalized spacial score (nSPS) is 10.5. The van der Waals surface area contributed by atoms with Crippen molar-refractivity contribution in [1.82, 2.24) is 4.98 Å². The first-order valence-electron chi connectivity index (χ1n) is 5.52. The summed E-state index contributed by atoms with van der Waals surface area (Å²) in [5.41, 5.74) is 1.08. The third-order valence-electron chi connectivity index (χ3n) is 2.55. The number of nitro benzene ring substituents is 1. The van der Waals surface area contributed by atoms with Gasteiger partial charge >= 0.3 is 5.97 Å². The maximum Gasteiger partial charge on any atom is 0.347 e. The maximum absolute atomic E-state index is 10.9. The molecule has 0 amide bonds. The largest absolute Gasteiger partial charge is 0.477 e. The number of aromatic nitrogens is 1. The molecule has 6 nitrogen and oxygen atoms in total. The number of benzene rings is 1. The zero-order valence-corrected chi connectivity index (χ0v) is 12.2. The molecule has 0 spiro atoms. The van der Waals surface area contributed by atoms with Crippen LogP contribution in [-0.2, 0) is 0 Å². The number of carboxylic acids is 1. The molecule has 8 heteroatoms. The number of thiazole rings is 1. The fourth-order valence-corrected chi connectivity index (χ4v) is 3.60. The fraction of sp³-hybridized carbons (Fsp3) is 0.167. The number of aryl methyl sites for hydroxylation is 2. The minimum Gasteiger partial charge on any atom is -0.477 e. The molecule has 1 aromatic heterocycles. The Bertz CT molecular complexity index is 697. The Hall–Kier alpha value is -1.93. The molecule has 0 atom stereocenters. The predicted octanol–water partition coefficient (Wildman–Crippen LogP) is 3.52. The Morgan fingerprint density at radius 2 is 2.15 bits per heavy atom. The monoisotopic (exact) mass is 310 g/mol. The molecule has 0 saturated heterocycles. The summed E-state index contributed by atoms with van der Waals surface area (Å²) >= 11 is 2.28. The fourth-order valence-electron chi connectivity index (χ4n) is 1.56. The lowest BCUT2D eigenvalue weighted by molar-refractivity contribution is -0.385. The molecule has 1 N–H and O–H groups in total. The van der Waals surface area contributed by atoms with Gasteiger partial charge in [0, 0.05) is 16.5 Å². The van der Waals surface area contributed by atoms with Crippen LogP contribution in [0, 0.1) is 24.0 Å². The minimum atomic E-state index is -1.01. The highest BCUT2D eigenvalue weighted by molar-refractivity contribution is 8.01. The highest BCUT2D eigenvalue weighted by atomic mass is 32.2. The number of aromatic carboxylic acids is 1. The van der Waals surface area contributed by atoms with E-state index in [-0.39, 0.29) is 10.6 Å². The van der Waals surface area contributed by atoms with Gasteiger partial charge in [-0.3, -0.25) is 10.1 Å². The van der Waals surface area contributed by atoms with E-state index in [1.54, 1.807) is 26.0 Å². The van der Waals surface area contributed by atoms with Gasteiger partial charge in [-0.15, -0.1) is 11.3 Å². The first kappa shape index (κ1) is 14.5. The van der Waals surface area contributed by atoms with E-state index in [2.05, 4.69) is 4.98 Å². The average molecular weight is 310 g/mol. The van der Waals surface area contributed by atoms with Crippen molar-refractivity contribution in [3.63, 3.8) is 0 Å². The van der Waals surface area contributed by atoms with Gasteiger partial charge in [0.05, 0.1) is 10.6 Å². The number of hydrogen-bond acceptors (Lipinski definition) is 6. The molecule has 0 aliphatic carbocycles. The van der Waals surface area contributed by atoms with E-state index in [0.29, 0.717) is 20.5 Å². The van der Waals surface area contributed by atoms with Crippen LogP contribution in [0.5, 0.6) is 0 Å². The number of carbonyl (C=O) groups is 1. The zero-order valence-electron chi connectivity index (χ0n) is 10.6. The molecule has 20 heavy (non-hydrogen) atoms. The van der Waals surface area contributed by atoms with Gasteiger partial charge in [0.1, 0.15) is 4.88 Å². The molecule has 0 fully saturated rings. The van der Waals surface area contributed by atoms with Crippen molar-refractivity contribution in [1.29, 1.82) is 0 Å². The van der Waals surface area contributed by atoms with Crippen molar-refractivity contribution in [2.24, 2.45) is 0 Å². The Kier molecular flexibility index (Phi) is 4.05. The molecule has 104 valence electrons. The van der Waals surface area contributed by atoms with Crippen molar-refractivity contribution < 1.29 is 14.8 Å². The van der Waals surface area contributed by atoms with E-state index in [1.165, 1.54) is 17.8 Å². The molecule has 1 aromatic carbocycles. The van der Waals surface area contributed by atoms with E-state index in [1.807, 2.05) is 0 Å². The molecule has 0 aliphatic heterocycles. The third kappa shape index (κ3) is 2.97. The molecule has 2 rings (SSSR count). The summed E-state index contributed by atoms with van der Waals surface area (Å²) in [6, 6.07) is 4.89. The van der Waals surface area contributed by atoms with Gasteiger partial charge in [-0.25, -0.2) is 9.78 Å². The van der Waals surface area contributed by atoms with Crippen LogP contribution >= 0.6 is 23.1 Å². The van der Waals surface area contributed by atoms with Crippen molar-refractivity contribution in [2.45, 2.75) is 23.1 Å². The maximum atomic E-state index is 10.9. The Morgan fingerprint density at radius 1 is 1.45 bits per heavy atom. The number of hydrogen-bond donors (Lipinski definition) is 1. The quantitative estimate of drug-likeness (QED) is 0.686. The van der Waals surface area contributed by atoms with Crippen LogP contribution in [0.15, 0.2) is 27.4 Å². The lowest BCUT2D eigenvalue weighted by atomic mass is 10.2. The number of nitro groups is 1. The van der Waals surface area contributed by atoms with E-state index >= 15 is 0 Å². The minimum absolute atomic E-state index is 0.0433. The molecule has 0 saturated carbocycles.